The van der Waals surface area contributed by atoms with E-state index in [1.54, 1.807) is 21.0 Å². The molecule has 0 aromatic rings. The van der Waals surface area contributed by atoms with Crippen molar-refractivity contribution in [1.29, 1.82) is 0 Å². The number of carbonyl (C=O) groups excluding carboxylic acids is 1. The van der Waals surface area contributed by atoms with Crippen LogP contribution in [0.1, 0.15) is 33.6 Å². The summed E-state index contributed by atoms with van der Waals surface area (Å²) >= 11 is 0. The van der Waals surface area contributed by atoms with E-state index >= 15 is 0 Å². The summed E-state index contributed by atoms with van der Waals surface area (Å²) in [6.07, 6.45) is 1.77. The van der Waals surface area contributed by atoms with Crippen LogP contribution >= 0.6 is 0 Å². The first-order chi connectivity index (χ1) is 8.90. The minimum absolute atomic E-state index is 0.279. The second-order valence-corrected chi connectivity index (χ2v) is 5.80. The molecule has 1 aliphatic heterocycles. The fourth-order valence-electron chi connectivity index (χ4n) is 2.76. The van der Waals surface area contributed by atoms with Crippen LogP contribution in [0.4, 0.5) is 0 Å². The standard InChI is InChI=1S/C14H28N2O3/c1-5-19-13(17)14(3,15)8-11(2)16-7-6-12(9-16)10-18-4/h11-12H,5-10,15H2,1-4H3. The third-order valence-electron chi connectivity index (χ3n) is 3.80. The van der Waals surface area contributed by atoms with Gasteiger partial charge < -0.3 is 20.1 Å². The van der Waals surface area contributed by atoms with Gasteiger partial charge in [0.2, 0.25) is 0 Å². The van der Waals surface area contributed by atoms with E-state index < -0.39 is 5.54 Å². The summed E-state index contributed by atoms with van der Waals surface area (Å²) in [6, 6.07) is 0.279. The Hall–Kier alpha value is -0.650. The fourth-order valence-corrected chi connectivity index (χ4v) is 2.76. The number of nitrogens with two attached hydrogens (primary N) is 1. The third kappa shape index (κ3) is 4.75. The smallest absolute Gasteiger partial charge is 0.325 e. The van der Waals surface area contributed by atoms with E-state index in [1.807, 2.05) is 0 Å². The molecular weight excluding hydrogens is 244 g/mol. The van der Waals surface area contributed by atoms with E-state index in [-0.39, 0.29) is 12.0 Å². The van der Waals surface area contributed by atoms with Gasteiger partial charge in [-0.25, -0.2) is 0 Å². The van der Waals surface area contributed by atoms with Crippen LogP contribution in [-0.2, 0) is 14.3 Å². The van der Waals surface area contributed by atoms with Gasteiger partial charge in [0.15, 0.2) is 0 Å². The molecule has 0 aliphatic carbocycles. The lowest BCUT2D eigenvalue weighted by Gasteiger charge is -2.31. The van der Waals surface area contributed by atoms with Crippen molar-refractivity contribution in [1.82, 2.24) is 4.90 Å². The molecule has 1 heterocycles. The van der Waals surface area contributed by atoms with E-state index in [0.717, 1.165) is 26.1 Å². The summed E-state index contributed by atoms with van der Waals surface area (Å²) in [7, 11) is 1.74. The van der Waals surface area contributed by atoms with Crippen molar-refractivity contribution in [2.45, 2.75) is 45.2 Å². The van der Waals surface area contributed by atoms with E-state index in [0.29, 0.717) is 18.9 Å². The number of hydrogen-bond acceptors (Lipinski definition) is 5. The molecule has 5 heteroatoms. The molecule has 19 heavy (non-hydrogen) atoms. The molecule has 0 amide bonds. The molecule has 1 saturated heterocycles. The predicted molar refractivity (Wildman–Crippen MR) is 74.9 cm³/mol. The normalized spacial score (nSPS) is 25.0. The van der Waals surface area contributed by atoms with Gasteiger partial charge in [-0.2, -0.15) is 0 Å². The zero-order valence-corrected chi connectivity index (χ0v) is 12.6. The van der Waals surface area contributed by atoms with Crippen molar-refractivity contribution in [3.05, 3.63) is 0 Å². The first-order valence-electron chi connectivity index (χ1n) is 7.09. The summed E-state index contributed by atoms with van der Waals surface area (Å²) in [4.78, 5) is 14.2. The maximum absolute atomic E-state index is 11.8. The molecule has 3 unspecified atom stereocenters. The molecule has 1 aliphatic rings. The highest BCUT2D eigenvalue weighted by atomic mass is 16.5. The second kappa shape index (κ2) is 7.22. The third-order valence-corrected chi connectivity index (χ3v) is 3.80. The number of methoxy groups -OCH3 is 1. The van der Waals surface area contributed by atoms with Crippen LogP contribution in [0.5, 0.6) is 0 Å². The molecule has 1 fully saturated rings. The fraction of sp³-hybridized carbons (Fsp3) is 0.929. The van der Waals surface area contributed by atoms with Gasteiger partial charge in [0.25, 0.3) is 0 Å². The molecular formula is C14H28N2O3. The van der Waals surface area contributed by atoms with Crippen molar-refractivity contribution >= 4 is 5.97 Å². The van der Waals surface area contributed by atoms with Gasteiger partial charge in [0.05, 0.1) is 13.2 Å². The Morgan fingerprint density at radius 1 is 1.58 bits per heavy atom. The highest BCUT2D eigenvalue weighted by Crippen LogP contribution is 2.23. The van der Waals surface area contributed by atoms with Crippen LogP contribution < -0.4 is 5.73 Å². The molecule has 112 valence electrons. The van der Waals surface area contributed by atoms with Crippen LogP contribution in [0.2, 0.25) is 0 Å². The molecule has 2 N–H and O–H groups in total. The zero-order valence-electron chi connectivity index (χ0n) is 12.6. The number of esters is 1. The average Bonchev–Trinajstić information content (AvgIpc) is 2.78. The maximum Gasteiger partial charge on any atom is 0.325 e. The van der Waals surface area contributed by atoms with Gasteiger partial charge in [-0.3, -0.25) is 4.79 Å². The van der Waals surface area contributed by atoms with E-state index in [2.05, 4.69) is 11.8 Å². The topological polar surface area (TPSA) is 64.8 Å². The molecule has 0 spiro atoms. The van der Waals surface area contributed by atoms with Crippen molar-refractivity contribution in [3.63, 3.8) is 0 Å². The van der Waals surface area contributed by atoms with Gasteiger partial charge in [-0.05, 0) is 46.1 Å². The number of hydrogen-bond donors (Lipinski definition) is 1. The summed E-state index contributed by atoms with van der Waals surface area (Å²) in [5, 5.41) is 0. The Labute approximate surface area is 116 Å². The number of ether oxygens (including phenoxy) is 2. The molecule has 0 bridgehead atoms. The molecule has 3 atom stereocenters. The highest BCUT2D eigenvalue weighted by Gasteiger charge is 2.35. The Morgan fingerprint density at radius 2 is 2.26 bits per heavy atom. The lowest BCUT2D eigenvalue weighted by Crippen LogP contribution is -2.50. The zero-order chi connectivity index (χ0) is 14.5. The number of likely N-dealkylation sites (tertiary alicyclic amines) is 1. The highest BCUT2D eigenvalue weighted by molar-refractivity contribution is 5.80. The summed E-state index contributed by atoms with van der Waals surface area (Å²) < 4.78 is 10.2. The van der Waals surface area contributed by atoms with Gasteiger partial charge in [0.1, 0.15) is 5.54 Å². The molecule has 0 radical (unpaired) electrons. The Bertz CT molecular complexity index is 294. The Balaban J connectivity index is 2.46. The lowest BCUT2D eigenvalue weighted by molar-refractivity contribution is -0.149. The largest absolute Gasteiger partial charge is 0.465 e. The Kier molecular flexibility index (Phi) is 6.23. The monoisotopic (exact) mass is 272 g/mol. The number of rotatable bonds is 7. The van der Waals surface area contributed by atoms with Crippen molar-refractivity contribution in [3.8, 4) is 0 Å². The number of nitrogens with zero attached hydrogens (tertiary/aromatic N) is 1. The van der Waals surface area contributed by atoms with Crippen molar-refractivity contribution in [2.75, 3.05) is 33.4 Å². The summed E-state index contributed by atoms with van der Waals surface area (Å²) in [5.41, 5.74) is 5.17. The van der Waals surface area contributed by atoms with Crippen LogP contribution in [0.25, 0.3) is 0 Å². The SMILES string of the molecule is CCOC(=O)C(C)(N)CC(C)N1CCC(COC)C1. The molecule has 5 nitrogen and oxygen atoms in total. The lowest BCUT2D eigenvalue weighted by atomic mass is 9.94. The second-order valence-electron chi connectivity index (χ2n) is 5.80. The van der Waals surface area contributed by atoms with E-state index in [9.17, 15) is 4.79 Å². The van der Waals surface area contributed by atoms with Crippen LogP contribution in [0, 0.1) is 5.92 Å². The first kappa shape index (κ1) is 16.4. The number of carbonyl (C=O) groups is 1. The maximum atomic E-state index is 11.8. The molecule has 0 aromatic heterocycles. The van der Waals surface area contributed by atoms with Crippen molar-refractivity contribution < 1.29 is 14.3 Å². The Morgan fingerprint density at radius 3 is 2.84 bits per heavy atom. The van der Waals surface area contributed by atoms with Crippen LogP contribution in [0.15, 0.2) is 0 Å². The van der Waals surface area contributed by atoms with Gasteiger partial charge in [-0.15, -0.1) is 0 Å². The van der Waals surface area contributed by atoms with Gasteiger partial charge in [-0.1, -0.05) is 0 Å². The minimum atomic E-state index is -0.908. The van der Waals surface area contributed by atoms with Crippen LogP contribution in [0.3, 0.4) is 0 Å². The van der Waals surface area contributed by atoms with Crippen LogP contribution in [-0.4, -0.2) is 55.9 Å². The summed E-state index contributed by atoms with van der Waals surface area (Å²) in [5.74, 6) is 0.286. The van der Waals surface area contributed by atoms with Crippen molar-refractivity contribution in [2.24, 2.45) is 11.7 Å². The molecule has 0 saturated carbocycles. The summed E-state index contributed by atoms with van der Waals surface area (Å²) in [6.45, 7) is 8.93. The minimum Gasteiger partial charge on any atom is -0.465 e. The average molecular weight is 272 g/mol. The van der Waals surface area contributed by atoms with E-state index in [1.165, 1.54) is 0 Å². The predicted octanol–water partition coefficient (Wildman–Crippen LogP) is 1.01. The molecule has 1 rings (SSSR count). The molecule has 0 aromatic carbocycles. The van der Waals surface area contributed by atoms with Gasteiger partial charge >= 0.3 is 5.97 Å². The van der Waals surface area contributed by atoms with E-state index in [4.69, 9.17) is 15.2 Å². The first-order valence-corrected chi connectivity index (χ1v) is 7.09. The van der Waals surface area contributed by atoms with Gasteiger partial charge in [0, 0.05) is 19.7 Å². The quantitative estimate of drug-likeness (QED) is 0.701.